The summed E-state index contributed by atoms with van der Waals surface area (Å²) in [4.78, 5) is 0. The standard InChI is InChI=1S/C8H6ClF3/c1-4-2-6(9)5(8(11)12)3-7(4)10/h2-3,8H,1H3. The van der Waals surface area contributed by atoms with E-state index in [4.69, 9.17) is 11.6 Å². The highest BCUT2D eigenvalue weighted by Crippen LogP contribution is 2.28. The van der Waals surface area contributed by atoms with Crippen molar-refractivity contribution in [2.24, 2.45) is 0 Å². The minimum atomic E-state index is -2.73. The molecule has 0 atom stereocenters. The van der Waals surface area contributed by atoms with Crippen LogP contribution in [0.3, 0.4) is 0 Å². The maximum Gasteiger partial charge on any atom is 0.265 e. The summed E-state index contributed by atoms with van der Waals surface area (Å²) >= 11 is 5.45. The Bertz CT molecular complexity index is 297. The summed E-state index contributed by atoms with van der Waals surface area (Å²) < 4.78 is 36.9. The zero-order chi connectivity index (χ0) is 9.30. The number of hydrogen-bond acceptors (Lipinski definition) is 0. The Labute approximate surface area is 73.0 Å². The van der Waals surface area contributed by atoms with E-state index >= 15 is 0 Å². The molecule has 0 saturated heterocycles. The Morgan fingerprint density at radius 2 is 1.92 bits per heavy atom. The zero-order valence-corrected chi connectivity index (χ0v) is 7.00. The maximum absolute atomic E-state index is 12.7. The fourth-order valence-corrected chi connectivity index (χ4v) is 1.13. The third kappa shape index (κ3) is 1.72. The monoisotopic (exact) mass is 194 g/mol. The second kappa shape index (κ2) is 3.35. The molecular formula is C8H6ClF3. The molecule has 0 spiro atoms. The molecule has 4 heteroatoms. The predicted octanol–water partition coefficient (Wildman–Crippen LogP) is 3.73. The molecule has 0 N–H and O–H groups in total. The zero-order valence-electron chi connectivity index (χ0n) is 6.24. The van der Waals surface area contributed by atoms with E-state index in [-0.39, 0.29) is 10.6 Å². The molecule has 0 aliphatic carbocycles. The molecular weight excluding hydrogens is 189 g/mol. The van der Waals surface area contributed by atoms with Crippen LogP contribution in [0.5, 0.6) is 0 Å². The summed E-state index contributed by atoms with van der Waals surface area (Å²) in [5.41, 5.74) is -0.191. The van der Waals surface area contributed by atoms with Gasteiger partial charge in [0.1, 0.15) is 5.82 Å². The third-order valence-electron chi connectivity index (χ3n) is 1.51. The van der Waals surface area contributed by atoms with Crippen molar-refractivity contribution in [3.05, 3.63) is 34.1 Å². The number of alkyl halides is 2. The highest BCUT2D eigenvalue weighted by Gasteiger charge is 2.13. The van der Waals surface area contributed by atoms with Gasteiger partial charge in [-0.15, -0.1) is 0 Å². The highest BCUT2D eigenvalue weighted by molar-refractivity contribution is 6.31. The lowest BCUT2D eigenvalue weighted by atomic mass is 10.1. The summed E-state index contributed by atoms with van der Waals surface area (Å²) in [6.07, 6.45) is -2.73. The lowest BCUT2D eigenvalue weighted by Gasteiger charge is -2.04. The molecule has 0 heterocycles. The smallest absolute Gasteiger partial charge is 0.207 e. The lowest BCUT2D eigenvalue weighted by molar-refractivity contribution is 0.151. The highest BCUT2D eigenvalue weighted by atomic mass is 35.5. The minimum Gasteiger partial charge on any atom is -0.207 e. The fraction of sp³-hybridized carbons (Fsp3) is 0.250. The predicted molar refractivity (Wildman–Crippen MR) is 41.1 cm³/mol. The van der Waals surface area contributed by atoms with Gasteiger partial charge in [-0.2, -0.15) is 0 Å². The Morgan fingerprint density at radius 3 is 2.42 bits per heavy atom. The molecule has 1 aromatic rings. The van der Waals surface area contributed by atoms with Gasteiger partial charge in [0.05, 0.1) is 0 Å². The number of benzene rings is 1. The maximum atomic E-state index is 12.7. The average molecular weight is 195 g/mol. The van der Waals surface area contributed by atoms with Crippen LogP contribution in [0.4, 0.5) is 13.2 Å². The van der Waals surface area contributed by atoms with Crippen molar-refractivity contribution in [3.63, 3.8) is 0 Å². The van der Waals surface area contributed by atoms with Gasteiger partial charge in [-0.05, 0) is 24.6 Å². The van der Waals surface area contributed by atoms with Crippen molar-refractivity contribution >= 4 is 11.6 Å². The third-order valence-corrected chi connectivity index (χ3v) is 1.84. The van der Waals surface area contributed by atoms with E-state index in [9.17, 15) is 13.2 Å². The second-order valence-electron chi connectivity index (χ2n) is 2.42. The van der Waals surface area contributed by atoms with Gasteiger partial charge < -0.3 is 0 Å². The van der Waals surface area contributed by atoms with E-state index in [1.165, 1.54) is 13.0 Å². The van der Waals surface area contributed by atoms with Gasteiger partial charge in [0, 0.05) is 10.6 Å². The van der Waals surface area contributed by atoms with Crippen molar-refractivity contribution < 1.29 is 13.2 Å². The van der Waals surface area contributed by atoms with Crippen LogP contribution in [0.1, 0.15) is 17.6 Å². The van der Waals surface area contributed by atoms with Crippen LogP contribution in [0, 0.1) is 12.7 Å². The van der Waals surface area contributed by atoms with Crippen LogP contribution in [0.2, 0.25) is 5.02 Å². The number of aryl methyl sites for hydroxylation is 1. The summed E-state index contributed by atoms with van der Waals surface area (Å²) in [7, 11) is 0. The molecule has 0 unspecified atom stereocenters. The molecule has 12 heavy (non-hydrogen) atoms. The molecule has 0 amide bonds. The largest absolute Gasteiger partial charge is 0.265 e. The number of rotatable bonds is 1. The van der Waals surface area contributed by atoms with E-state index in [2.05, 4.69) is 0 Å². The van der Waals surface area contributed by atoms with Gasteiger partial charge in [0.15, 0.2) is 0 Å². The molecule has 66 valence electrons. The molecule has 0 fully saturated rings. The Balaban J connectivity index is 3.23. The Hall–Kier alpha value is -0.700. The van der Waals surface area contributed by atoms with Gasteiger partial charge in [-0.25, -0.2) is 13.2 Å². The second-order valence-corrected chi connectivity index (χ2v) is 2.83. The van der Waals surface area contributed by atoms with Crippen LogP contribution in [-0.4, -0.2) is 0 Å². The van der Waals surface area contributed by atoms with Crippen LogP contribution < -0.4 is 0 Å². The summed E-state index contributed by atoms with van der Waals surface area (Å²) in [6.45, 7) is 1.47. The van der Waals surface area contributed by atoms with Crippen LogP contribution in [-0.2, 0) is 0 Å². The minimum absolute atomic E-state index is 0.0936. The summed E-state index contributed by atoms with van der Waals surface area (Å²) in [5.74, 6) is -0.658. The van der Waals surface area contributed by atoms with E-state index in [0.29, 0.717) is 0 Å². The van der Waals surface area contributed by atoms with E-state index in [1.54, 1.807) is 0 Å². The lowest BCUT2D eigenvalue weighted by Crippen LogP contribution is -1.90. The Morgan fingerprint density at radius 1 is 1.33 bits per heavy atom. The van der Waals surface area contributed by atoms with Gasteiger partial charge >= 0.3 is 0 Å². The van der Waals surface area contributed by atoms with Gasteiger partial charge in [-0.1, -0.05) is 11.6 Å². The molecule has 0 nitrogen and oxygen atoms in total. The average Bonchev–Trinajstić information content (AvgIpc) is 1.96. The van der Waals surface area contributed by atoms with Crippen molar-refractivity contribution in [1.82, 2.24) is 0 Å². The summed E-state index contributed by atoms with van der Waals surface area (Å²) in [6, 6.07) is 1.96. The van der Waals surface area contributed by atoms with Gasteiger partial charge in [0.25, 0.3) is 6.43 Å². The van der Waals surface area contributed by atoms with E-state index < -0.39 is 17.8 Å². The van der Waals surface area contributed by atoms with Crippen LogP contribution >= 0.6 is 11.6 Å². The fourth-order valence-electron chi connectivity index (χ4n) is 0.829. The van der Waals surface area contributed by atoms with Crippen molar-refractivity contribution in [1.29, 1.82) is 0 Å². The molecule has 1 rings (SSSR count). The molecule has 0 bridgehead atoms. The molecule has 0 saturated carbocycles. The van der Waals surface area contributed by atoms with E-state index in [0.717, 1.165) is 6.07 Å². The first-order valence-electron chi connectivity index (χ1n) is 3.26. The molecule has 0 aliphatic rings. The number of halogens is 4. The van der Waals surface area contributed by atoms with Crippen molar-refractivity contribution in [3.8, 4) is 0 Å². The van der Waals surface area contributed by atoms with Crippen molar-refractivity contribution in [2.45, 2.75) is 13.3 Å². The van der Waals surface area contributed by atoms with Crippen molar-refractivity contribution in [2.75, 3.05) is 0 Å². The first-order valence-corrected chi connectivity index (χ1v) is 3.64. The molecule has 0 aromatic heterocycles. The van der Waals surface area contributed by atoms with Crippen LogP contribution in [0.25, 0.3) is 0 Å². The van der Waals surface area contributed by atoms with Crippen LogP contribution in [0.15, 0.2) is 12.1 Å². The van der Waals surface area contributed by atoms with Gasteiger partial charge in [-0.3, -0.25) is 0 Å². The Kier molecular flexibility index (Phi) is 2.62. The topological polar surface area (TPSA) is 0 Å². The van der Waals surface area contributed by atoms with Gasteiger partial charge in [0.2, 0.25) is 0 Å². The SMILES string of the molecule is Cc1cc(Cl)c(C(F)F)cc1F. The molecule has 1 aromatic carbocycles. The molecule has 0 radical (unpaired) electrons. The van der Waals surface area contributed by atoms with E-state index in [1.807, 2.05) is 0 Å². The summed E-state index contributed by atoms with van der Waals surface area (Å²) in [5, 5.41) is -0.0936. The first-order chi connectivity index (χ1) is 5.52. The molecule has 0 aliphatic heterocycles. The normalized spacial score (nSPS) is 10.8. The first kappa shape index (κ1) is 9.39. The quantitative estimate of drug-likeness (QED) is 0.639. The number of hydrogen-bond donors (Lipinski definition) is 0.